The van der Waals surface area contributed by atoms with Crippen molar-refractivity contribution in [3.63, 3.8) is 0 Å². The third kappa shape index (κ3) is 4.23. The SMILES string of the molecule is CCc1ccc(O)c(C(=O)Nc2cccc(CN3CCCCC3=O)c2)c1. The van der Waals surface area contributed by atoms with E-state index in [1.54, 1.807) is 18.2 Å². The van der Waals surface area contributed by atoms with Gasteiger partial charge in [-0.25, -0.2) is 0 Å². The summed E-state index contributed by atoms with van der Waals surface area (Å²) < 4.78 is 0. The van der Waals surface area contributed by atoms with Crippen molar-refractivity contribution in [3.8, 4) is 5.75 Å². The Kier molecular flexibility index (Phi) is 5.56. The highest BCUT2D eigenvalue weighted by atomic mass is 16.3. The molecule has 2 aromatic carbocycles. The minimum absolute atomic E-state index is 0.0326. The number of piperidine rings is 1. The van der Waals surface area contributed by atoms with Crippen LogP contribution < -0.4 is 5.32 Å². The quantitative estimate of drug-likeness (QED) is 0.862. The van der Waals surface area contributed by atoms with Crippen LogP contribution in [0.4, 0.5) is 5.69 Å². The zero-order valence-electron chi connectivity index (χ0n) is 15.0. The minimum Gasteiger partial charge on any atom is -0.507 e. The summed E-state index contributed by atoms with van der Waals surface area (Å²) >= 11 is 0. The van der Waals surface area contributed by atoms with Gasteiger partial charge in [0.1, 0.15) is 5.75 Å². The molecule has 0 aliphatic carbocycles. The lowest BCUT2D eigenvalue weighted by molar-refractivity contribution is -0.133. The van der Waals surface area contributed by atoms with Crippen molar-refractivity contribution >= 4 is 17.5 Å². The molecular formula is C21H24N2O3. The van der Waals surface area contributed by atoms with Crippen molar-refractivity contribution in [1.82, 2.24) is 4.90 Å². The van der Waals surface area contributed by atoms with Gasteiger partial charge in [0.25, 0.3) is 5.91 Å². The summed E-state index contributed by atoms with van der Waals surface area (Å²) in [4.78, 5) is 26.4. The number of carbonyl (C=O) groups excluding carboxylic acids is 2. The van der Waals surface area contributed by atoms with Crippen LogP contribution in [-0.2, 0) is 17.8 Å². The van der Waals surface area contributed by atoms with Crippen molar-refractivity contribution in [2.75, 3.05) is 11.9 Å². The maximum Gasteiger partial charge on any atom is 0.259 e. The number of hydrogen-bond donors (Lipinski definition) is 2. The predicted octanol–water partition coefficient (Wildman–Crippen LogP) is 3.72. The van der Waals surface area contributed by atoms with Gasteiger partial charge in [-0.1, -0.05) is 25.1 Å². The highest BCUT2D eigenvalue weighted by Gasteiger charge is 2.18. The number of rotatable bonds is 5. The number of phenols is 1. The average molecular weight is 352 g/mol. The second-order valence-corrected chi connectivity index (χ2v) is 6.63. The summed E-state index contributed by atoms with van der Waals surface area (Å²) in [7, 11) is 0. The molecule has 26 heavy (non-hydrogen) atoms. The van der Waals surface area contributed by atoms with Gasteiger partial charge in [0.05, 0.1) is 5.56 Å². The first kappa shape index (κ1) is 18.0. The van der Waals surface area contributed by atoms with Crippen molar-refractivity contribution in [2.24, 2.45) is 0 Å². The number of phenolic OH excluding ortho intramolecular Hbond substituents is 1. The number of nitrogens with one attached hydrogen (secondary N) is 1. The molecule has 136 valence electrons. The molecule has 1 fully saturated rings. The summed E-state index contributed by atoms with van der Waals surface area (Å²) in [6.07, 6.45) is 3.41. The molecule has 0 atom stereocenters. The number of amides is 2. The lowest BCUT2D eigenvalue weighted by atomic mass is 10.1. The molecule has 1 heterocycles. The molecule has 2 N–H and O–H groups in total. The predicted molar refractivity (Wildman–Crippen MR) is 101 cm³/mol. The maximum absolute atomic E-state index is 12.5. The monoisotopic (exact) mass is 352 g/mol. The van der Waals surface area contributed by atoms with Gasteiger partial charge in [-0.3, -0.25) is 9.59 Å². The minimum atomic E-state index is -0.344. The van der Waals surface area contributed by atoms with Crippen LogP contribution in [0.1, 0.15) is 47.7 Å². The zero-order valence-corrected chi connectivity index (χ0v) is 15.0. The number of anilines is 1. The Balaban J connectivity index is 1.72. The Morgan fingerprint density at radius 2 is 2.00 bits per heavy atom. The van der Waals surface area contributed by atoms with Gasteiger partial charge in [0.15, 0.2) is 0 Å². The second-order valence-electron chi connectivity index (χ2n) is 6.63. The van der Waals surface area contributed by atoms with Gasteiger partial charge >= 0.3 is 0 Å². The van der Waals surface area contributed by atoms with Crippen LogP contribution >= 0.6 is 0 Å². The van der Waals surface area contributed by atoms with Crippen LogP contribution in [0.2, 0.25) is 0 Å². The number of aryl methyl sites for hydroxylation is 1. The summed E-state index contributed by atoms with van der Waals surface area (Å²) in [5.41, 5.74) is 2.88. The molecule has 5 nitrogen and oxygen atoms in total. The molecule has 1 aliphatic heterocycles. The molecule has 2 amide bonds. The smallest absolute Gasteiger partial charge is 0.259 e. The molecule has 0 spiro atoms. The molecule has 0 radical (unpaired) electrons. The number of likely N-dealkylation sites (tertiary alicyclic amines) is 1. The van der Waals surface area contributed by atoms with E-state index in [1.165, 1.54) is 0 Å². The Hall–Kier alpha value is -2.82. The fourth-order valence-electron chi connectivity index (χ4n) is 3.18. The fraction of sp³-hybridized carbons (Fsp3) is 0.333. The van der Waals surface area contributed by atoms with Crippen LogP contribution in [0.3, 0.4) is 0 Å². The highest BCUT2D eigenvalue weighted by Crippen LogP contribution is 2.22. The van der Waals surface area contributed by atoms with Crippen molar-refractivity contribution in [1.29, 1.82) is 0 Å². The molecule has 3 rings (SSSR count). The van der Waals surface area contributed by atoms with Crippen LogP contribution in [0, 0.1) is 0 Å². The Labute approximate surface area is 153 Å². The van der Waals surface area contributed by atoms with Crippen molar-refractivity contribution in [3.05, 3.63) is 59.2 Å². The summed E-state index contributed by atoms with van der Waals surface area (Å²) in [5.74, 6) is -0.189. The maximum atomic E-state index is 12.5. The largest absolute Gasteiger partial charge is 0.507 e. The van der Waals surface area contributed by atoms with E-state index in [-0.39, 0.29) is 23.1 Å². The number of benzene rings is 2. The van der Waals surface area contributed by atoms with Crippen molar-refractivity contribution < 1.29 is 14.7 Å². The fourth-order valence-corrected chi connectivity index (χ4v) is 3.18. The van der Waals surface area contributed by atoms with Gasteiger partial charge < -0.3 is 15.3 Å². The number of hydrogen-bond acceptors (Lipinski definition) is 3. The second kappa shape index (κ2) is 8.04. The van der Waals surface area contributed by atoms with E-state index in [4.69, 9.17) is 0 Å². The molecular weight excluding hydrogens is 328 g/mol. The molecule has 5 heteroatoms. The first-order valence-electron chi connectivity index (χ1n) is 9.07. The molecule has 0 aromatic heterocycles. The van der Waals surface area contributed by atoms with Gasteiger partial charge in [0, 0.05) is 25.2 Å². The molecule has 1 aliphatic rings. The van der Waals surface area contributed by atoms with E-state index < -0.39 is 0 Å². The summed E-state index contributed by atoms with van der Waals surface area (Å²) in [6.45, 7) is 3.34. The van der Waals surface area contributed by atoms with Crippen LogP contribution in [-0.4, -0.2) is 28.4 Å². The van der Waals surface area contributed by atoms with E-state index >= 15 is 0 Å². The van der Waals surface area contributed by atoms with Gasteiger partial charge in [-0.05, 0) is 54.7 Å². The molecule has 2 aromatic rings. The molecule has 0 unspecified atom stereocenters. The topological polar surface area (TPSA) is 69.6 Å². The lowest BCUT2D eigenvalue weighted by Crippen LogP contribution is -2.34. The van der Waals surface area contributed by atoms with Gasteiger partial charge in [-0.2, -0.15) is 0 Å². The normalized spacial score (nSPS) is 14.3. The zero-order chi connectivity index (χ0) is 18.5. The van der Waals surface area contributed by atoms with E-state index in [0.29, 0.717) is 18.7 Å². The van der Waals surface area contributed by atoms with E-state index in [2.05, 4.69) is 5.32 Å². The molecule has 0 bridgehead atoms. The number of aromatic hydroxyl groups is 1. The average Bonchev–Trinajstić information content (AvgIpc) is 2.64. The van der Waals surface area contributed by atoms with Gasteiger partial charge in [0.2, 0.25) is 5.91 Å². The highest BCUT2D eigenvalue weighted by molar-refractivity contribution is 6.06. The Bertz CT molecular complexity index is 817. The summed E-state index contributed by atoms with van der Waals surface area (Å²) in [6, 6.07) is 12.6. The Morgan fingerprint density at radius 3 is 2.77 bits per heavy atom. The first-order chi connectivity index (χ1) is 12.6. The van der Waals surface area contributed by atoms with Crippen LogP contribution in [0.25, 0.3) is 0 Å². The lowest BCUT2D eigenvalue weighted by Gasteiger charge is -2.26. The number of carbonyl (C=O) groups is 2. The van der Waals surface area contributed by atoms with E-state index in [1.807, 2.05) is 36.1 Å². The van der Waals surface area contributed by atoms with Crippen LogP contribution in [0.15, 0.2) is 42.5 Å². The molecule has 0 saturated carbocycles. The van der Waals surface area contributed by atoms with E-state index in [9.17, 15) is 14.7 Å². The standard InChI is InChI=1S/C21H24N2O3/c1-2-15-9-10-19(24)18(13-15)21(26)22-17-7-5-6-16(12-17)14-23-11-4-3-8-20(23)25/h5-7,9-10,12-13,24H,2-4,8,11,14H2,1H3,(H,22,26). The van der Waals surface area contributed by atoms with Crippen LogP contribution in [0.5, 0.6) is 5.75 Å². The first-order valence-corrected chi connectivity index (χ1v) is 9.07. The Morgan fingerprint density at radius 1 is 1.15 bits per heavy atom. The van der Waals surface area contributed by atoms with E-state index in [0.717, 1.165) is 36.9 Å². The molecule has 1 saturated heterocycles. The van der Waals surface area contributed by atoms with Crippen molar-refractivity contribution in [2.45, 2.75) is 39.2 Å². The third-order valence-corrected chi connectivity index (χ3v) is 4.69. The van der Waals surface area contributed by atoms with Gasteiger partial charge in [-0.15, -0.1) is 0 Å². The third-order valence-electron chi connectivity index (χ3n) is 4.69. The number of nitrogens with zero attached hydrogens (tertiary/aromatic N) is 1. The summed E-state index contributed by atoms with van der Waals surface area (Å²) in [5, 5.41) is 12.8.